The molecule has 1 aromatic heterocycles. The van der Waals surface area contributed by atoms with Crippen molar-refractivity contribution in [1.82, 2.24) is 0 Å². The van der Waals surface area contributed by atoms with Crippen LogP contribution in [0.1, 0.15) is 33.4 Å². The third-order valence-corrected chi connectivity index (χ3v) is 5.51. The van der Waals surface area contributed by atoms with Gasteiger partial charge in [-0.15, -0.1) is 0 Å². The Bertz CT molecular complexity index is 1310. The molecule has 32 heavy (non-hydrogen) atoms. The predicted molar refractivity (Wildman–Crippen MR) is 127 cm³/mol. The van der Waals surface area contributed by atoms with Crippen LogP contribution in [0.2, 0.25) is 15.1 Å². The van der Waals surface area contributed by atoms with E-state index in [9.17, 15) is 9.59 Å². The number of halogens is 3. The number of ketones is 1. The molecule has 1 amide bonds. The molecule has 4 rings (SSSR count). The number of ether oxygens (including phenoxy) is 1. The minimum absolute atomic E-state index is 0.00463. The Balaban J connectivity index is 1.74. The van der Waals surface area contributed by atoms with Gasteiger partial charge in [0.2, 0.25) is 5.78 Å². The van der Waals surface area contributed by atoms with Gasteiger partial charge in [0.25, 0.3) is 5.91 Å². The average molecular weight is 489 g/mol. The number of amides is 1. The quantitative estimate of drug-likeness (QED) is 0.290. The van der Waals surface area contributed by atoms with Gasteiger partial charge in [0.1, 0.15) is 5.58 Å². The summed E-state index contributed by atoms with van der Waals surface area (Å²) in [6.07, 6.45) is 0. The van der Waals surface area contributed by atoms with E-state index in [-0.39, 0.29) is 27.1 Å². The van der Waals surface area contributed by atoms with E-state index in [4.69, 9.17) is 44.0 Å². The van der Waals surface area contributed by atoms with Gasteiger partial charge in [-0.1, -0.05) is 46.9 Å². The van der Waals surface area contributed by atoms with Gasteiger partial charge < -0.3 is 14.5 Å². The molecule has 4 aromatic rings. The first-order valence-corrected chi connectivity index (χ1v) is 10.8. The highest BCUT2D eigenvalue weighted by Gasteiger charge is 2.24. The minimum atomic E-state index is -0.506. The topological polar surface area (TPSA) is 68.5 Å². The molecule has 3 aromatic carbocycles. The lowest BCUT2D eigenvalue weighted by atomic mass is 10.1. The second-order valence-electron chi connectivity index (χ2n) is 6.79. The van der Waals surface area contributed by atoms with Crippen molar-refractivity contribution in [2.75, 3.05) is 11.9 Å². The fourth-order valence-electron chi connectivity index (χ4n) is 3.22. The van der Waals surface area contributed by atoms with Crippen molar-refractivity contribution in [3.63, 3.8) is 0 Å². The summed E-state index contributed by atoms with van der Waals surface area (Å²) in [5, 5.41) is 4.28. The van der Waals surface area contributed by atoms with Crippen LogP contribution in [-0.2, 0) is 0 Å². The molecule has 8 heteroatoms. The molecular formula is C24H16Cl3NO4. The van der Waals surface area contributed by atoms with Crippen LogP contribution in [0, 0.1) is 0 Å². The summed E-state index contributed by atoms with van der Waals surface area (Å²) in [5.74, 6) is -0.589. The van der Waals surface area contributed by atoms with Crippen LogP contribution in [0.5, 0.6) is 5.75 Å². The summed E-state index contributed by atoms with van der Waals surface area (Å²) in [4.78, 5) is 26.2. The van der Waals surface area contributed by atoms with Gasteiger partial charge in [0, 0.05) is 21.5 Å². The second kappa shape index (κ2) is 9.25. The van der Waals surface area contributed by atoms with Crippen molar-refractivity contribution in [3.05, 3.63) is 92.6 Å². The number of rotatable bonds is 6. The molecule has 162 valence electrons. The lowest BCUT2D eigenvalue weighted by Crippen LogP contribution is -2.14. The third-order valence-electron chi connectivity index (χ3n) is 4.70. The molecule has 0 aliphatic heterocycles. The monoisotopic (exact) mass is 487 g/mol. The second-order valence-corrected chi connectivity index (χ2v) is 8.05. The summed E-state index contributed by atoms with van der Waals surface area (Å²) in [7, 11) is 0. The lowest BCUT2D eigenvalue weighted by molar-refractivity contribution is 0.101. The number of hydrogen-bond acceptors (Lipinski definition) is 4. The van der Waals surface area contributed by atoms with Gasteiger partial charge in [-0.25, -0.2) is 0 Å². The maximum absolute atomic E-state index is 13.1. The molecule has 1 heterocycles. The minimum Gasteiger partial charge on any atom is -0.491 e. The number of furan rings is 1. The van der Waals surface area contributed by atoms with Gasteiger partial charge in [0.15, 0.2) is 11.5 Å². The largest absolute Gasteiger partial charge is 0.491 e. The summed E-state index contributed by atoms with van der Waals surface area (Å²) < 4.78 is 11.2. The van der Waals surface area contributed by atoms with E-state index in [0.717, 1.165) is 0 Å². The normalized spacial score (nSPS) is 10.9. The Morgan fingerprint density at radius 3 is 2.25 bits per heavy atom. The molecule has 0 saturated heterocycles. The highest BCUT2D eigenvalue weighted by atomic mass is 35.5. The van der Waals surface area contributed by atoms with Crippen molar-refractivity contribution in [2.45, 2.75) is 6.92 Å². The van der Waals surface area contributed by atoms with Crippen LogP contribution in [0.3, 0.4) is 0 Å². The maximum Gasteiger partial charge on any atom is 0.255 e. The Morgan fingerprint density at radius 1 is 0.938 bits per heavy atom. The van der Waals surface area contributed by atoms with E-state index in [0.29, 0.717) is 33.9 Å². The van der Waals surface area contributed by atoms with E-state index in [1.807, 2.05) is 0 Å². The number of carbonyl (C=O) groups is 2. The first-order valence-electron chi connectivity index (χ1n) is 9.64. The average Bonchev–Trinajstić information content (AvgIpc) is 3.14. The molecular weight excluding hydrogens is 473 g/mol. The number of hydrogen-bond donors (Lipinski definition) is 1. The van der Waals surface area contributed by atoms with Crippen LogP contribution in [0.15, 0.2) is 65.1 Å². The smallest absolute Gasteiger partial charge is 0.255 e. The highest BCUT2D eigenvalue weighted by Crippen LogP contribution is 2.36. The van der Waals surface area contributed by atoms with E-state index in [1.54, 1.807) is 55.5 Å². The third kappa shape index (κ3) is 4.32. The lowest BCUT2D eigenvalue weighted by Gasteiger charge is -2.11. The van der Waals surface area contributed by atoms with Crippen LogP contribution < -0.4 is 10.1 Å². The first kappa shape index (κ1) is 22.2. The number of fused-ring (bicyclic) bond motifs is 1. The molecule has 0 fully saturated rings. The van der Waals surface area contributed by atoms with Crippen LogP contribution in [0.4, 0.5) is 5.69 Å². The van der Waals surface area contributed by atoms with Crippen molar-refractivity contribution < 1.29 is 18.7 Å². The van der Waals surface area contributed by atoms with Gasteiger partial charge >= 0.3 is 0 Å². The number of carbonyl (C=O) groups excluding carboxylic acids is 2. The van der Waals surface area contributed by atoms with E-state index < -0.39 is 11.7 Å². The van der Waals surface area contributed by atoms with E-state index in [2.05, 4.69) is 5.32 Å². The molecule has 0 radical (unpaired) electrons. The number of nitrogens with one attached hydrogen (secondary N) is 1. The highest BCUT2D eigenvalue weighted by molar-refractivity contribution is 6.38. The number of para-hydroxylation sites is 1. The Kier molecular flexibility index (Phi) is 6.42. The molecule has 0 atom stereocenters. The standard InChI is InChI=1S/C24H16Cl3NO4/c1-2-31-22-17(26)11-14(12-18(22)27)24(30)28-20-16-5-3-4-6-19(16)32-23(20)21(29)13-7-9-15(25)10-8-13/h3-12H,2H2,1H3,(H,28,30). The van der Waals surface area contributed by atoms with Crippen molar-refractivity contribution in [1.29, 1.82) is 0 Å². The first-order chi connectivity index (χ1) is 15.4. The Labute approximate surface area is 198 Å². The molecule has 0 saturated carbocycles. The zero-order valence-electron chi connectivity index (χ0n) is 16.7. The summed E-state index contributed by atoms with van der Waals surface area (Å²) in [5.41, 5.74) is 1.30. The van der Waals surface area contributed by atoms with Crippen LogP contribution in [-0.4, -0.2) is 18.3 Å². The molecule has 0 unspecified atom stereocenters. The molecule has 1 N–H and O–H groups in total. The summed E-state index contributed by atoms with van der Waals surface area (Å²) in [6, 6.07) is 16.4. The zero-order valence-corrected chi connectivity index (χ0v) is 19.0. The molecule has 0 bridgehead atoms. The summed E-state index contributed by atoms with van der Waals surface area (Å²) in [6.45, 7) is 2.18. The van der Waals surface area contributed by atoms with Crippen molar-refractivity contribution in [3.8, 4) is 5.75 Å². The summed E-state index contributed by atoms with van der Waals surface area (Å²) >= 11 is 18.4. The number of benzene rings is 3. The van der Waals surface area contributed by atoms with Gasteiger partial charge in [-0.05, 0) is 55.5 Å². The van der Waals surface area contributed by atoms with Gasteiger partial charge in [0.05, 0.1) is 22.3 Å². The van der Waals surface area contributed by atoms with Gasteiger partial charge in [-0.3, -0.25) is 9.59 Å². The Morgan fingerprint density at radius 2 is 1.59 bits per heavy atom. The van der Waals surface area contributed by atoms with Crippen molar-refractivity contribution in [2.24, 2.45) is 0 Å². The zero-order chi connectivity index (χ0) is 22.8. The van der Waals surface area contributed by atoms with Crippen molar-refractivity contribution >= 4 is 63.1 Å². The molecule has 0 spiro atoms. The molecule has 0 aliphatic rings. The van der Waals surface area contributed by atoms with Crippen LogP contribution in [0.25, 0.3) is 11.0 Å². The van der Waals surface area contributed by atoms with E-state index in [1.165, 1.54) is 12.1 Å². The van der Waals surface area contributed by atoms with Crippen LogP contribution >= 0.6 is 34.8 Å². The fraction of sp³-hybridized carbons (Fsp3) is 0.0833. The SMILES string of the molecule is CCOc1c(Cl)cc(C(=O)Nc2c(C(=O)c3ccc(Cl)cc3)oc3ccccc23)cc1Cl. The van der Waals surface area contributed by atoms with Gasteiger partial charge in [-0.2, -0.15) is 0 Å². The maximum atomic E-state index is 13.1. The predicted octanol–water partition coefficient (Wildman–Crippen LogP) is 7.28. The fourth-order valence-corrected chi connectivity index (χ4v) is 3.94. The Hall–Kier alpha value is -2.99. The molecule has 5 nitrogen and oxygen atoms in total. The molecule has 0 aliphatic carbocycles. The number of anilines is 1. The van der Waals surface area contributed by atoms with E-state index >= 15 is 0 Å².